The summed E-state index contributed by atoms with van der Waals surface area (Å²) < 4.78 is 37.8. The molecule has 3 aromatic rings. The number of nitrogens with zero attached hydrogens (tertiary/aromatic N) is 6. The molecule has 2 fully saturated rings. The van der Waals surface area contributed by atoms with E-state index < -0.39 is 10.0 Å². The summed E-state index contributed by atoms with van der Waals surface area (Å²) in [6.07, 6.45) is 5.06. The van der Waals surface area contributed by atoms with Gasteiger partial charge in [0.15, 0.2) is 0 Å². The summed E-state index contributed by atoms with van der Waals surface area (Å²) in [4.78, 5) is 0.233. The average Bonchev–Trinajstić information content (AvgIpc) is 3.07. The number of hydrogen-bond acceptors (Lipinski definition) is 7. The largest absolute Gasteiger partial charge is 0.248 e. The first-order valence-electron chi connectivity index (χ1n) is 8.26. The maximum absolute atomic E-state index is 13.1. The van der Waals surface area contributed by atoms with Gasteiger partial charge < -0.3 is 0 Å². The minimum atomic E-state index is -3.60. The first kappa shape index (κ1) is 15.4. The van der Waals surface area contributed by atoms with Gasteiger partial charge in [-0.05, 0) is 31.4 Å². The summed E-state index contributed by atoms with van der Waals surface area (Å²) in [6.45, 7) is 0.878. The van der Waals surface area contributed by atoms with Crippen LogP contribution in [0.1, 0.15) is 36.9 Å². The second-order valence-corrected chi connectivity index (χ2v) is 9.03. The van der Waals surface area contributed by atoms with Crippen LogP contribution in [0.4, 0.5) is 0 Å². The van der Waals surface area contributed by atoms with E-state index in [4.69, 9.17) is 0 Å². The van der Waals surface area contributed by atoms with E-state index in [-0.39, 0.29) is 10.9 Å². The predicted octanol–water partition coefficient (Wildman–Crippen LogP) is 1.80. The van der Waals surface area contributed by atoms with Crippen molar-refractivity contribution in [3.8, 4) is 0 Å². The Bertz CT molecular complexity index is 1040. The molecule has 0 spiro atoms. The van der Waals surface area contributed by atoms with Crippen LogP contribution in [0.3, 0.4) is 0 Å². The number of fused-ring (bicyclic) bond motifs is 1. The van der Waals surface area contributed by atoms with Gasteiger partial charge in [-0.1, -0.05) is 11.3 Å². The molecule has 2 aliphatic rings. The van der Waals surface area contributed by atoms with Crippen LogP contribution in [-0.4, -0.2) is 49.6 Å². The van der Waals surface area contributed by atoms with E-state index in [0.29, 0.717) is 30.0 Å². The molecule has 0 N–H and O–H groups in total. The molecule has 1 aromatic carbocycles. The van der Waals surface area contributed by atoms with Crippen molar-refractivity contribution in [3.63, 3.8) is 0 Å². The van der Waals surface area contributed by atoms with Crippen molar-refractivity contribution in [3.05, 3.63) is 30.1 Å². The van der Waals surface area contributed by atoms with Gasteiger partial charge in [-0.3, -0.25) is 0 Å². The molecule has 5 rings (SSSR count). The van der Waals surface area contributed by atoms with E-state index in [1.54, 1.807) is 18.2 Å². The molecule has 0 radical (unpaired) electrons. The zero-order chi connectivity index (χ0) is 17.0. The highest BCUT2D eigenvalue weighted by Gasteiger charge is 2.36. The molecule has 8 nitrogen and oxygen atoms in total. The zero-order valence-electron chi connectivity index (χ0n) is 13.3. The number of hydrogen-bond donors (Lipinski definition) is 0. The highest BCUT2D eigenvalue weighted by molar-refractivity contribution is 7.89. The van der Waals surface area contributed by atoms with Crippen LogP contribution in [0.5, 0.6) is 0 Å². The lowest BCUT2D eigenvalue weighted by atomic mass is 10.2. The molecular weight excluding hydrogens is 360 g/mol. The Morgan fingerprint density at radius 3 is 2.88 bits per heavy atom. The van der Waals surface area contributed by atoms with Gasteiger partial charge in [0.05, 0.1) is 23.5 Å². The quantitative estimate of drug-likeness (QED) is 0.689. The average molecular weight is 376 g/mol. The van der Waals surface area contributed by atoms with Crippen LogP contribution < -0.4 is 0 Å². The number of aromatic nitrogens is 5. The molecular formula is C15H16N6O2S2. The fraction of sp³-hybridized carbons (Fsp3) is 0.467. The highest BCUT2D eigenvalue weighted by atomic mass is 32.2. The van der Waals surface area contributed by atoms with Crippen LogP contribution in [-0.2, 0) is 10.0 Å². The monoisotopic (exact) mass is 376 g/mol. The summed E-state index contributed by atoms with van der Waals surface area (Å²) in [7, 11) is -3.60. The lowest BCUT2D eigenvalue weighted by molar-refractivity contribution is 0.428. The summed E-state index contributed by atoms with van der Waals surface area (Å²) >= 11 is 1.03. The van der Waals surface area contributed by atoms with Crippen molar-refractivity contribution < 1.29 is 8.42 Å². The summed E-state index contributed by atoms with van der Waals surface area (Å²) in [6, 6.07) is 5.12. The predicted molar refractivity (Wildman–Crippen MR) is 91.8 cm³/mol. The highest BCUT2D eigenvalue weighted by Crippen LogP contribution is 2.39. The molecule has 2 aromatic heterocycles. The van der Waals surface area contributed by atoms with E-state index in [1.807, 2.05) is 10.9 Å². The molecule has 130 valence electrons. The molecule has 1 aliphatic carbocycles. The molecule has 1 aliphatic heterocycles. The van der Waals surface area contributed by atoms with E-state index in [1.165, 1.54) is 17.1 Å². The summed E-state index contributed by atoms with van der Waals surface area (Å²) in [5, 5.41) is 8.45. The Kier molecular flexibility index (Phi) is 3.41. The fourth-order valence-corrected chi connectivity index (χ4v) is 5.55. The van der Waals surface area contributed by atoms with Gasteiger partial charge in [0.2, 0.25) is 10.0 Å². The Labute approximate surface area is 148 Å². The van der Waals surface area contributed by atoms with Crippen molar-refractivity contribution in [2.75, 3.05) is 13.1 Å². The molecule has 1 unspecified atom stereocenters. The molecule has 25 heavy (non-hydrogen) atoms. The molecule has 10 heteroatoms. The lowest BCUT2D eigenvalue weighted by Gasteiger charge is -2.16. The third-order valence-corrected chi connectivity index (χ3v) is 7.33. The van der Waals surface area contributed by atoms with Gasteiger partial charge in [-0.25, -0.2) is 13.1 Å². The summed E-state index contributed by atoms with van der Waals surface area (Å²) in [5.74, 6) is 0.546. The molecule has 1 saturated carbocycles. The number of benzene rings is 1. The Hall–Kier alpha value is -1.91. The fourth-order valence-electron chi connectivity index (χ4n) is 3.31. The molecule has 0 amide bonds. The van der Waals surface area contributed by atoms with Crippen LogP contribution in [0.2, 0.25) is 0 Å². The van der Waals surface area contributed by atoms with Gasteiger partial charge in [0.1, 0.15) is 15.9 Å². The van der Waals surface area contributed by atoms with Crippen molar-refractivity contribution in [1.82, 2.24) is 28.0 Å². The van der Waals surface area contributed by atoms with Gasteiger partial charge in [0.25, 0.3) is 0 Å². The van der Waals surface area contributed by atoms with Crippen molar-refractivity contribution in [1.29, 1.82) is 0 Å². The first-order valence-corrected chi connectivity index (χ1v) is 10.4. The molecule has 1 saturated heterocycles. The minimum absolute atomic E-state index is 0.0301. The second kappa shape index (κ2) is 5.55. The van der Waals surface area contributed by atoms with Crippen molar-refractivity contribution in [2.45, 2.75) is 36.1 Å². The lowest BCUT2D eigenvalue weighted by Crippen LogP contribution is -2.29. The maximum Gasteiger partial charge on any atom is 0.245 e. The van der Waals surface area contributed by atoms with Gasteiger partial charge in [0, 0.05) is 25.2 Å². The standard InChI is InChI=1S/C15H16N6O2S2/c22-25(23,14-3-1-2-12-15(14)18-24-17-12)20-7-6-11(8-20)21-9-13(16-19-21)10-4-5-10/h1-3,9-11H,4-8H2. The third-order valence-electron chi connectivity index (χ3n) is 4.89. The van der Waals surface area contributed by atoms with E-state index in [0.717, 1.165) is 23.8 Å². The topological polar surface area (TPSA) is 93.9 Å². The number of rotatable bonds is 4. The van der Waals surface area contributed by atoms with E-state index in [9.17, 15) is 8.42 Å². The minimum Gasteiger partial charge on any atom is -0.248 e. The smallest absolute Gasteiger partial charge is 0.245 e. The van der Waals surface area contributed by atoms with Crippen molar-refractivity contribution in [2.24, 2.45) is 0 Å². The molecule has 1 atom stereocenters. The van der Waals surface area contributed by atoms with Gasteiger partial charge >= 0.3 is 0 Å². The number of sulfonamides is 1. The van der Waals surface area contributed by atoms with Crippen LogP contribution in [0, 0.1) is 0 Å². The Balaban J connectivity index is 1.42. The third kappa shape index (κ3) is 2.55. The Morgan fingerprint density at radius 1 is 1.16 bits per heavy atom. The zero-order valence-corrected chi connectivity index (χ0v) is 14.9. The maximum atomic E-state index is 13.1. The van der Waals surface area contributed by atoms with Crippen LogP contribution in [0.25, 0.3) is 11.0 Å². The summed E-state index contributed by atoms with van der Waals surface area (Å²) in [5.41, 5.74) is 2.10. The van der Waals surface area contributed by atoms with E-state index >= 15 is 0 Å². The van der Waals surface area contributed by atoms with Gasteiger partial charge in [-0.15, -0.1) is 5.10 Å². The molecule has 0 bridgehead atoms. The van der Waals surface area contributed by atoms with Crippen LogP contribution in [0.15, 0.2) is 29.3 Å². The van der Waals surface area contributed by atoms with Crippen molar-refractivity contribution >= 4 is 32.8 Å². The van der Waals surface area contributed by atoms with E-state index in [2.05, 4.69) is 19.1 Å². The SMILES string of the molecule is O=S(=O)(c1cccc2nsnc12)N1CCC(n2cc(C3CC3)nn2)C1. The Morgan fingerprint density at radius 2 is 2.04 bits per heavy atom. The van der Waals surface area contributed by atoms with Crippen LogP contribution >= 0.6 is 11.7 Å². The normalized spacial score (nSPS) is 22.0. The first-order chi connectivity index (χ1) is 12.1. The molecule has 3 heterocycles. The second-order valence-electron chi connectivity index (χ2n) is 6.59. The van der Waals surface area contributed by atoms with Gasteiger partial charge in [-0.2, -0.15) is 13.1 Å².